The molecule has 0 unspecified atom stereocenters. The second-order valence-electron chi connectivity index (χ2n) is 16.9. The van der Waals surface area contributed by atoms with Gasteiger partial charge in [0.2, 0.25) is 0 Å². The van der Waals surface area contributed by atoms with Gasteiger partial charge in [-0.05, 0) is 135 Å². The van der Waals surface area contributed by atoms with Gasteiger partial charge in [-0.2, -0.15) is 0 Å². The molecule has 0 spiro atoms. The summed E-state index contributed by atoms with van der Waals surface area (Å²) in [7, 11) is 0. The third-order valence-corrected chi connectivity index (χ3v) is 12.0. The van der Waals surface area contributed by atoms with Gasteiger partial charge in [-0.1, -0.05) is 90.1 Å². The fourth-order valence-electron chi connectivity index (χ4n) is 9.55. The lowest BCUT2D eigenvalue weighted by atomic mass is 9.79. The topological polar surface area (TPSA) is 26.3 Å². The molecule has 0 amide bonds. The molecule has 2 aliphatic heterocycles. The van der Waals surface area contributed by atoms with E-state index >= 15 is 0 Å². The fourth-order valence-corrected chi connectivity index (χ4v) is 9.55. The molecule has 0 aliphatic carbocycles. The standard InChI is InChI=1S/C48H34O2/c1-47(2,3)25-17-23-9-7-11-27-29-13-15-35-43-41(29)33(31(19-25)39(23)27)21-37-45(43)46-38(50-35)22-34-32-20-26(48(4,5)6)18-24-10-8-12-28(40(24)32)30-14-16-36(49-37)44(46)42(30)34/h7-22H,1-6H3. The van der Waals surface area contributed by atoms with Gasteiger partial charge < -0.3 is 8.83 Å². The molecule has 0 N–H and O–H groups in total. The van der Waals surface area contributed by atoms with Crippen molar-refractivity contribution < 1.29 is 8.83 Å². The van der Waals surface area contributed by atoms with Crippen molar-refractivity contribution in [2.45, 2.75) is 52.4 Å². The lowest BCUT2D eigenvalue weighted by Gasteiger charge is -2.26. The van der Waals surface area contributed by atoms with Gasteiger partial charge in [0.1, 0.15) is 22.3 Å². The number of fused-ring (bicyclic) bond motifs is 4. The Morgan fingerprint density at radius 2 is 0.740 bits per heavy atom. The molecular formula is C48H34O2. The smallest absolute Gasteiger partial charge is 0.136 e. The van der Waals surface area contributed by atoms with E-state index in [1.165, 1.54) is 86.5 Å². The summed E-state index contributed by atoms with van der Waals surface area (Å²) in [4.78, 5) is 0. The van der Waals surface area contributed by atoms with E-state index in [1.54, 1.807) is 0 Å². The summed E-state index contributed by atoms with van der Waals surface area (Å²) in [6.07, 6.45) is 0. The molecule has 2 heteroatoms. The minimum absolute atomic E-state index is 0.0155. The van der Waals surface area contributed by atoms with Crippen molar-refractivity contribution >= 4 is 109 Å². The van der Waals surface area contributed by atoms with Gasteiger partial charge >= 0.3 is 0 Å². The molecular weight excluding hydrogens is 609 g/mol. The van der Waals surface area contributed by atoms with E-state index < -0.39 is 0 Å². The Bertz CT molecular complexity index is 3140. The van der Waals surface area contributed by atoms with Crippen molar-refractivity contribution in [1.82, 2.24) is 0 Å². The third-order valence-electron chi connectivity index (χ3n) is 12.0. The number of benzene rings is 10. The Kier molecular flexibility index (Phi) is 4.58. The highest BCUT2D eigenvalue weighted by Crippen LogP contribution is 2.55. The van der Waals surface area contributed by atoms with Crippen LogP contribution in [0.5, 0.6) is 0 Å². The van der Waals surface area contributed by atoms with Crippen LogP contribution in [0.15, 0.2) is 106 Å². The second-order valence-corrected chi connectivity index (χ2v) is 16.9. The first-order valence-electron chi connectivity index (χ1n) is 17.8. The van der Waals surface area contributed by atoms with E-state index in [1.807, 2.05) is 0 Å². The lowest BCUT2D eigenvalue weighted by Crippen LogP contribution is -2.11. The zero-order chi connectivity index (χ0) is 33.6. The predicted octanol–water partition coefficient (Wildman–Crippen LogP) is 14.4. The zero-order valence-corrected chi connectivity index (χ0v) is 29.1. The maximum absolute atomic E-state index is 7.09. The van der Waals surface area contributed by atoms with Gasteiger partial charge in [0.15, 0.2) is 0 Å². The highest BCUT2D eigenvalue weighted by Gasteiger charge is 2.30. The highest BCUT2D eigenvalue weighted by molar-refractivity contribution is 6.42. The Morgan fingerprint density at radius 1 is 0.340 bits per heavy atom. The van der Waals surface area contributed by atoms with Crippen molar-refractivity contribution in [1.29, 1.82) is 0 Å². The van der Waals surface area contributed by atoms with E-state index in [9.17, 15) is 0 Å². The van der Waals surface area contributed by atoms with Crippen LogP contribution >= 0.6 is 0 Å². The van der Waals surface area contributed by atoms with Gasteiger partial charge in [0.25, 0.3) is 0 Å². The van der Waals surface area contributed by atoms with Crippen LogP contribution in [-0.2, 0) is 10.8 Å². The monoisotopic (exact) mass is 642 g/mol. The third kappa shape index (κ3) is 3.13. The summed E-state index contributed by atoms with van der Waals surface area (Å²) in [5, 5.41) is 20.1. The van der Waals surface area contributed by atoms with Gasteiger partial charge in [-0.25, -0.2) is 0 Å². The maximum Gasteiger partial charge on any atom is 0.136 e. The van der Waals surface area contributed by atoms with Crippen LogP contribution in [0.4, 0.5) is 0 Å². The quantitative estimate of drug-likeness (QED) is 0.122. The molecule has 0 aromatic heterocycles. The Labute approximate surface area is 288 Å². The van der Waals surface area contributed by atoms with Crippen molar-refractivity contribution in [3.05, 3.63) is 108 Å². The molecule has 0 radical (unpaired) electrons. The zero-order valence-electron chi connectivity index (χ0n) is 29.1. The molecule has 0 atom stereocenters. The maximum atomic E-state index is 7.09. The molecule has 10 aromatic carbocycles. The second kappa shape index (κ2) is 8.40. The van der Waals surface area contributed by atoms with Gasteiger partial charge in [-0.3, -0.25) is 0 Å². The Balaban J connectivity index is 1.34. The minimum atomic E-state index is 0.0155. The van der Waals surface area contributed by atoms with Gasteiger partial charge in [-0.15, -0.1) is 0 Å². The number of rotatable bonds is 0. The number of hydrogen-bond acceptors (Lipinski definition) is 2. The molecule has 10 aromatic rings. The molecule has 0 fully saturated rings. The summed E-state index contributed by atoms with van der Waals surface area (Å²) < 4.78 is 14.2. The normalized spacial score (nSPS) is 13.8. The summed E-state index contributed by atoms with van der Waals surface area (Å²) >= 11 is 0. The first kappa shape index (κ1) is 27.2. The first-order chi connectivity index (χ1) is 24.0. The van der Waals surface area contributed by atoms with E-state index in [0.717, 1.165) is 44.2 Å². The van der Waals surface area contributed by atoms with Gasteiger partial charge in [0.05, 0.1) is 0 Å². The summed E-state index contributed by atoms with van der Waals surface area (Å²) in [5.74, 6) is 0. The first-order valence-corrected chi connectivity index (χ1v) is 17.8. The summed E-state index contributed by atoms with van der Waals surface area (Å²) in [6.45, 7) is 13.8. The van der Waals surface area contributed by atoms with Crippen molar-refractivity contribution in [2.75, 3.05) is 0 Å². The molecule has 2 aliphatic rings. The molecule has 12 rings (SSSR count). The summed E-state index contributed by atoms with van der Waals surface area (Å²) in [6, 6.07) is 36.7. The van der Waals surface area contributed by atoms with Crippen LogP contribution in [-0.4, -0.2) is 0 Å². The van der Waals surface area contributed by atoms with Crippen LogP contribution in [0.25, 0.3) is 120 Å². The molecule has 0 bridgehead atoms. The average molecular weight is 643 g/mol. The van der Waals surface area contributed by atoms with E-state index in [0.29, 0.717) is 0 Å². The molecule has 238 valence electrons. The lowest BCUT2D eigenvalue weighted by molar-refractivity contribution is 0.591. The average Bonchev–Trinajstić information content (AvgIpc) is 3.09. The largest absolute Gasteiger partial charge is 0.456 e. The van der Waals surface area contributed by atoms with Crippen molar-refractivity contribution in [3.63, 3.8) is 0 Å². The summed E-state index contributed by atoms with van der Waals surface area (Å²) in [5.41, 5.74) is 8.64. The van der Waals surface area contributed by atoms with Crippen molar-refractivity contribution in [2.24, 2.45) is 0 Å². The van der Waals surface area contributed by atoms with Crippen LogP contribution < -0.4 is 0 Å². The number of hydrogen-bond donors (Lipinski definition) is 0. The molecule has 2 nitrogen and oxygen atoms in total. The van der Waals surface area contributed by atoms with Crippen LogP contribution in [0.2, 0.25) is 0 Å². The Hall–Kier alpha value is -5.60. The van der Waals surface area contributed by atoms with Gasteiger partial charge in [0, 0.05) is 32.7 Å². The highest BCUT2D eigenvalue weighted by atomic mass is 16.3. The molecule has 0 saturated carbocycles. The fraction of sp³-hybridized carbons (Fsp3) is 0.167. The predicted molar refractivity (Wildman–Crippen MR) is 214 cm³/mol. The molecule has 2 heterocycles. The van der Waals surface area contributed by atoms with E-state index in [2.05, 4.69) is 139 Å². The SMILES string of the molecule is CC(C)(C)c1cc2cccc3c4ccc5oc6cc7c8cc(C(C)(C)C)cc9cccc(c%10ccc%11oc%12cc(c(c1)c23)c4c5c%12-c6c%11c%107)c98. The van der Waals surface area contributed by atoms with Crippen LogP contribution in [0, 0.1) is 0 Å². The molecule has 50 heavy (non-hydrogen) atoms. The van der Waals surface area contributed by atoms with E-state index in [-0.39, 0.29) is 10.8 Å². The minimum Gasteiger partial charge on any atom is -0.456 e. The van der Waals surface area contributed by atoms with E-state index in [4.69, 9.17) is 8.83 Å². The Morgan fingerprint density at radius 3 is 1.16 bits per heavy atom. The molecule has 0 saturated heterocycles. The van der Waals surface area contributed by atoms with Crippen LogP contribution in [0.1, 0.15) is 52.7 Å². The van der Waals surface area contributed by atoms with Crippen LogP contribution in [0.3, 0.4) is 0 Å². The van der Waals surface area contributed by atoms with Crippen molar-refractivity contribution in [3.8, 4) is 11.1 Å².